The zero-order valence-electron chi connectivity index (χ0n) is 10.4. The first kappa shape index (κ1) is 11.8. The largest absolute Gasteiger partial charge is 0.383 e. The molecule has 0 saturated heterocycles. The van der Waals surface area contributed by atoms with E-state index in [1.54, 1.807) is 13.4 Å². The van der Waals surface area contributed by atoms with Gasteiger partial charge in [0.1, 0.15) is 12.0 Å². The third kappa shape index (κ3) is 2.36. The van der Waals surface area contributed by atoms with Crippen LogP contribution < -0.4 is 0 Å². The summed E-state index contributed by atoms with van der Waals surface area (Å²) in [6, 6.07) is 2.02. The van der Waals surface area contributed by atoms with Gasteiger partial charge in [-0.3, -0.25) is 4.68 Å². The highest BCUT2D eigenvalue weighted by Crippen LogP contribution is 2.17. The number of nitrogens with zero attached hydrogens (tertiary/aromatic N) is 5. The molecule has 0 aliphatic rings. The molecule has 17 heavy (non-hydrogen) atoms. The third-order valence-corrected chi connectivity index (χ3v) is 2.58. The molecule has 6 nitrogen and oxygen atoms in total. The fourth-order valence-corrected chi connectivity index (χ4v) is 1.77. The van der Waals surface area contributed by atoms with Crippen molar-refractivity contribution in [3.63, 3.8) is 0 Å². The number of methoxy groups -OCH3 is 1. The predicted molar refractivity (Wildman–Crippen MR) is 63.5 cm³/mol. The molecule has 0 atom stereocenters. The average molecular weight is 235 g/mol. The number of hydrogen-bond donors (Lipinski definition) is 0. The summed E-state index contributed by atoms with van der Waals surface area (Å²) >= 11 is 0. The minimum absolute atomic E-state index is 0.643. The topological polar surface area (TPSA) is 57.8 Å². The van der Waals surface area contributed by atoms with Crippen molar-refractivity contribution in [2.24, 2.45) is 0 Å². The maximum Gasteiger partial charge on any atom is 0.182 e. The molecule has 0 aliphatic heterocycles. The van der Waals surface area contributed by atoms with E-state index in [1.807, 2.05) is 22.2 Å². The second kappa shape index (κ2) is 5.09. The van der Waals surface area contributed by atoms with Crippen LogP contribution >= 0.6 is 0 Å². The van der Waals surface area contributed by atoms with Gasteiger partial charge in [0.2, 0.25) is 0 Å². The summed E-state index contributed by atoms with van der Waals surface area (Å²) in [7, 11) is 1.68. The van der Waals surface area contributed by atoms with Crippen LogP contribution in [0.3, 0.4) is 0 Å². The van der Waals surface area contributed by atoms with Gasteiger partial charge in [0.05, 0.1) is 12.3 Å². The highest BCUT2D eigenvalue weighted by molar-refractivity contribution is 5.50. The standard InChI is InChI=1S/C11H17N5O/c1-4-16-10(7-9(2)14-16)11-13-12-8-15(11)5-6-17-3/h7-8H,4-6H2,1-3H3. The number of ether oxygens (including phenoxy) is 1. The van der Waals surface area contributed by atoms with Crippen molar-refractivity contribution in [1.82, 2.24) is 24.5 Å². The molecule has 0 bridgehead atoms. The van der Waals surface area contributed by atoms with Gasteiger partial charge < -0.3 is 9.30 Å². The second-order valence-electron chi connectivity index (χ2n) is 3.83. The molecule has 2 heterocycles. The van der Waals surface area contributed by atoms with Crippen LogP contribution in [0.1, 0.15) is 12.6 Å². The zero-order valence-corrected chi connectivity index (χ0v) is 10.4. The molecule has 2 rings (SSSR count). The highest BCUT2D eigenvalue weighted by atomic mass is 16.5. The average Bonchev–Trinajstić information content (AvgIpc) is 2.91. The van der Waals surface area contributed by atoms with E-state index in [4.69, 9.17) is 4.74 Å². The zero-order chi connectivity index (χ0) is 12.3. The lowest BCUT2D eigenvalue weighted by Gasteiger charge is -2.06. The molecule has 0 spiro atoms. The van der Waals surface area contributed by atoms with Crippen LogP contribution in [0.4, 0.5) is 0 Å². The van der Waals surface area contributed by atoms with Gasteiger partial charge >= 0.3 is 0 Å². The number of aromatic nitrogens is 5. The van der Waals surface area contributed by atoms with Crippen LogP contribution in [0, 0.1) is 6.92 Å². The Morgan fingerprint density at radius 1 is 1.41 bits per heavy atom. The molecule has 0 unspecified atom stereocenters. The Bertz CT molecular complexity index is 488. The van der Waals surface area contributed by atoms with Crippen molar-refractivity contribution in [3.8, 4) is 11.5 Å². The first-order valence-electron chi connectivity index (χ1n) is 5.67. The summed E-state index contributed by atoms with van der Waals surface area (Å²) in [6.07, 6.45) is 1.72. The van der Waals surface area contributed by atoms with Gasteiger partial charge in [-0.1, -0.05) is 0 Å². The molecular weight excluding hydrogens is 218 g/mol. The Morgan fingerprint density at radius 2 is 2.24 bits per heavy atom. The number of rotatable bonds is 5. The Morgan fingerprint density at radius 3 is 2.94 bits per heavy atom. The first-order valence-corrected chi connectivity index (χ1v) is 5.67. The summed E-state index contributed by atoms with van der Waals surface area (Å²) in [5, 5.41) is 12.5. The molecule has 0 radical (unpaired) electrons. The molecule has 0 fully saturated rings. The summed E-state index contributed by atoms with van der Waals surface area (Å²) in [6.45, 7) is 6.24. The van der Waals surface area contributed by atoms with Crippen molar-refractivity contribution in [2.45, 2.75) is 26.9 Å². The minimum atomic E-state index is 0.643. The molecule has 0 amide bonds. The van der Waals surface area contributed by atoms with Gasteiger partial charge in [0.15, 0.2) is 5.82 Å². The van der Waals surface area contributed by atoms with Gasteiger partial charge in [0, 0.05) is 20.2 Å². The van der Waals surface area contributed by atoms with E-state index in [0.29, 0.717) is 6.61 Å². The summed E-state index contributed by atoms with van der Waals surface area (Å²) in [4.78, 5) is 0. The normalized spacial score (nSPS) is 11.0. The lowest BCUT2D eigenvalue weighted by atomic mass is 10.3. The van der Waals surface area contributed by atoms with Crippen LogP contribution in [0.25, 0.3) is 11.5 Å². The Kier molecular flexibility index (Phi) is 3.53. The van der Waals surface area contributed by atoms with E-state index in [2.05, 4.69) is 22.2 Å². The molecule has 6 heteroatoms. The fraction of sp³-hybridized carbons (Fsp3) is 0.545. The second-order valence-corrected chi connectivity index (χ2v) is 3.83. The van der Waals surface area contributed by atoms with E-state index in [1.165, 1.54) is 0 Å². The van der Waals surface area contributed by atoms with Gasteiger partial charge in [0.25, 0.3) is 0 Å². The summed E-state index contributed by atoms with van der Waals surface area (Å²) < 4.78 is 8.98. The van der Waals surface area contributed by atoms with E-state index in [0.717, 1.165) is 30.3 Å². The maximum atomic E-state index is 5.07. The molecule has 2 aromatic rings. The lowest BCUT2D eigenvalue weighted by Crippen LogP contribution is -2.08. The molecular formula is C11H17N5O. The number of aryl methyl sites for hydroxylation is 2. The van der Waals surface area contributed by atoms with Gasteiger partial charge in [-0.25, -0.2) is 0 Å². The van der Waals surface area contributed by atoms with Gasteiger partial charge in [-0.15, -0.1) is 10.2 Å². The van der Waals surface area contributed by atoms with E-state index < -0.39 is 0 Å². The highest BCUT2D eigenvalue weighted by Gasteiger charge is 2.13. The molecule has 2 aromatic heterocycles. The quantitative estimate of drug-likeness (QED) is 0.779. The summed E-state index contributed by atoms with van der Waals surface area (Å²) in [5.41, 5.74) is 1.99. The Labute approximate surface area is 100 Å². The third-order valence-electron chi connectivity index (χ3n) is 2.58. The fourth-order valence-electron chi connectivity index (χ4n) is 1.77. The van der Waals surface area contributed by atoms with Crippen molar-refractivity contribution in [2.75, 3.05) is 13.7 Å². The maximum absolute atomic E-state index is 5.07. The SMILES string of the molecule is CCn1nc(C)cc1-c1nncn1CCOC. The van der Waals surface area contributed by atoms with Crippen LogP contribution in [-0.2, 0) is 17.8 Å². The van der Waals surface area contributed by atoms with Gasteiger partial charge in [-0.2, -0.15) is 5.10 Å². The monoisotopic (exact) mass is 235 g/mol. The van der Waals surface area contributed by atoms with E-state index in [9.17, 15) is 0 Å². The Hall–Kier alpha value is -1.69. The molecule has 0 aliphatic carbocycles. The van der Waals surface area contributed by atoms with E-state index >= 15 is 0 Å². The van der Waals surface area contributed by atoms with E-state index in [-0.39, 0.29) is 0 Å². The molecule has 0 aromatic carbocycles. The predicted octanol–water partition coefficient (Wildman–Crippen LogP) is 1.12. The van der Waals surface area contributed by atoms with Crippen molar-refractivity contribution in [3.05, 3.63) is 18.1 Å². The molecule has 0 saturated carbocycles. The minimum Gasteiger partial charge on any atom is -0.383 e. The first-order chi connectivity index (χ1) is 8.26. The molecule has 0 N–H and O–H groups in total. The van der Waals surface area contributed by atoms with Crippen LogP contribution in [0.2, 0.25) is 0 Å². The Balaban J connectivity index is 2.35. The van der Waals surface area contributed by atoms with Crippen molar-refractivity contribution >= 4 is 0 Å². The van der Waals surface area contributed by atoms with Crippen LogP contribution in [0.15, 0.2) is 12.4 Å². The van der Waals surface area contributed by atoms with Gasteiger partial charge in [-0.05, 0) is 19.9 Å². The lowest BCUT2D eigenvalue weighted by molar-refractivity contribution is 0.187. The smallest absolute Gasteiger partial charge is 0.182 e. The number of hydrogen-bond acceptors (Lipinski definition) is 4. The van der Waals surface area contributed by atoms with Crippen molar-refractivity contribution < 1.29 is 4.74 Å². The van der Waals surface area contributed by atoms with Crippen LogP contribution in [0.5, 0.6) is 0 Å². The molecule has 92 valence electrons. The van der Waals surface area contributed by atoms with Crippen LogP contribution in [-0.4, -0.2) is 38.3 Å². The summed E-state index contributed by atoms with van der Waals surface area (Å²) in [5.74, 6) is 0.838. The van der Waals surface area contributed by atoms with Crippen molar-refractivity contribution in [1.29, 1.82) is 0 Å².